The number of rotatable bonds is 2. The first kappa shape index (κ1) is 24.5. The summed E-state index contributed by atoms with van der Waals surface area (Å²) in [5.74, 6) is 3.42. The molecule has 208 valence electrons. The third kappa shape index (κ3) is 3.47. The minimum atomic E-state index is -1.02. The van der Waals surface area contributed by atoms with E-state index in [9.17, 15) is 0 Å². The molecule has 1 atom stereocenters. The topological polar surface area (TPSA) is 31.6 Å². The smallest absolute Gasteiger partial charge is 0.181 e. The molecule has 2 aromatic heterocycles. The number of para-hydroxylation sites is 1. The molecule has 1 unspecified atom stereocenters. The summed E-state index contributed by atoms with van der Waals surface area (Å²) in [6.45, 7) is 2.08. The Morgan fingerprint density at radius 1 is 0.591 bits per heavy atom. The quantitative estimate of drug-likeness (QED) is 0.185. The molecule has 0 fully saturated rings. The molecule has 2 aliphatic rings. The fourth-order valence-corrected chi connectivity index (χ4v) is 10.4. The van der Waals surface area contributed by atoms with E-state index in [1.54, 1.807) is 0 Å². The van der Waals surface area contributed by atoms with Crippen molar-refractivity contribution >= 4 is 66.5 Å². The van der Waals surface area contributed by atoms with Crippen molar-refractivity contribution in [2.75, 3.05) is 0 Å². The van der Waals surface area contributed by atoms with Gasteiger partial charge in [-0.15, -0.1) is 11.3 Å². The summed E-state index contributed by atoms with van der Waals surface area (Å²) in [7, 11) is -1.02. The third-order valence-corrected chi connectivity index (χ3v) is 12.3. The molecule has 0 aliphatic carbocycles. The first-order valence-corrected chi connectivity index (χ1v) is 16.8. The molecule has 6 aromatic carbocycles. The van der Waals surface area contributed by atoms with Crippen molar-refractivity contribution in [3.63, 3.8) is 0 Å². The highest BCUT2D eigenvalue weighted by atomic mass is 32.1. The van der Waals surface area contributed by atoms with Crippen molar-refractivity contribution in [3.05, 3.63) is 127 Å². The fourth-order valence-electron chi connectivity index (χ4n) is 6.70. The Balaban J connectivity index is 1.14. The van der Waals surface area contributed by atoms with E-state index in [2.05, 4.69) is 110 Å². The van der Waals surface area contributed by atoms with Gasteiger partial charge in [-0.2, -0.15) is 0 Å². The van der Waals surface area contributed by atoms with Gasteiger partial charge in [0.2, 0.25) is 0 Å². The Hall–Kier alpha value is -4.89. The lowest BCUT2D eigenvalue weighted by Gasteiger charge is -2.32. The van der Waals surface area contributed by atoms with Crippen LogP contribution in [0.4, 0.5) is 0 Å². The van der Waals surface area contributed by atoms with E-state index in [-0.39, 0.29) is 0 Å². The standard InChI is InChI=1S/C39H23O3PS/c1-22-18-32-37-33(19-22)41-36-29-11-2-4-14-30(29)42-39(36)43(37)34-21-24(16-17-31(34)40-32)23-8-6-9-25(20-23)26-12-7-13-28-27-10-3-5-15-35(27)44-38(26)28/h2-21H,1H3. The molecule has 0 bridgehead atoms. The molecule has 0 saturated heterocycles. The lowest BCUT2D eigenvalue weighted by molar-refractivity contribution is 0.463. The van der Waals surface area contributed by atoms with Crippen LogP contribution in [0.15, 0.2) is 126 Å². The van der Waals surface area contributed by atoms with E-state index < -0.39 is 7.92 Å². The van der Waals surface area contributed by atoms with Gasteiger partial charge < -0.3 is 13.9 Å². The molecule has 2 aliphatic heterocycles. The highest BCUT2D eigenvalue weighted by Gasteiger charge is 2.41. The lowest BCUT2D eigenvalue weighted by Crippen LogP contribution is -2.31. The van der Waals surface area contributed by atoms with Gasteiger partial charge in [-0.25, -0.2) is 0 Å². The second-order valence-corrected chi connectivity index (χ2v) is 14.5. The number of hydrogen-bond donors (Lipinski definition) is 0. The van der Waals surface area contributed by atoms with Crippen LogP contribution < -0.4 is 25.6 Å². The van der Waals surface area contributed by atoms with Crippen molar-refractivity contribution in [2.45, 2.75) is 6.92 Å². The predicted molar refractivity (Wildman–Crippen MR) is 184 cm³/mol. The van der Waals surface area contributed by atoms with E-state index in [1.807, 2.05) is 29.5 Å². The minimum Gasteiger partial charge on any atom is -0.456 e. The maximum atomic E-state index is 6.56. The van der Waals surface area contributed by atoms with Gasteiger partial charge in [0.1, 0.15) is 22.8 Å². The average molecular weight is 603 g/mol. The Morgan fingerprint density at radius 2 is 1.34 bits per heavy atom. The number of thiophene rings is 1. The van der Waals surface area contributed by atoms with Crippen LogP contribution >= 0.6 is 19.3 Å². The number of ether oxygens (including phenoxy) is 2. The number of fused-ring (bicyclic) bond motifs is 9. The van der Waals surface area contributed by atoms with Crippen LogP contribution in [0.25, 0.3) is 53.4 Å². The zero-order valence-corrected chi connectivity index (χ0v) is 25.3. The van der Waals surface area contributed by atoms with E-state index in [1.165, 1.54) is 36.9 Å². The summed E-state index contributed by atoms with van der Waals surface area (Å²) >= 11 is 1.87. The summed E-state index contributed by atoms with van der Waals surface area (Å²) in [5.41, 5.74) is 7.65. The molecule has 44 heavy (non-hydrogen) atoms. The summed E-state index contributed by atoms with van der Waals surface area (Å²) in [6, 6.07) is 43.2. The first-order valence-electron chi connectivity index (χ1n) is 14.7. The molecule has 3 nitrogen and oxygen atoms in total. The number of aryl methyl sites for hydroxylation is 1. The van der Waals surface area contributed by atoms with Gasteiger partial charge in [0.15, 0.2) is 11.3 Å². The van der Waals surface area contributed by atoms with Crippen molar-refractivity contribution < 1.29 is 13.9 Å². The lowest BCUT2D eigenvalue weighted by atomic mass is 9.98. The van der Waals surface area contributed by atoms with Crippen LogP contribution in [0.5, 0.6) is 23.0 Å². The third-order valence-electron chi connectivity index (χ3n) is 8.69. The molecule has 5 heteroatoms. The zero-order chi connectivity index (χ0) is 28.9. The van der Waals surface area contributed by atoms with Crippen molar-refractivity contribution in [3.8, 4) is 45.3 Å². The zero-order valence-electron chi connectivity index (χ0n) is 23.6. The Bertz CT molecular complexity index is 2490. The van der Waals surface area contributed by atoms with Crippen molar-refractivity contribution in [2.24, 2.45) is 0 Å². The maximum Gasteiger partial charge on any atom is 0.181 e. The molecule has 0 saturated carbocycles. The molecule has 0 N–H and O–H groups in total. The Labute approximate surface area is 258 Å². The fraction of sp³-hybridized carbons (Fsp3) is 0.0256. The Morgan fingerprint density at radius 3 is 2.27 bits per heavy atom. The second-order valence-electron chi connectivity index (χ2n) is 11.4. The molecular weight excluding hydrogens is 579 g/mol. The SMILES string of the molecule is Cc1cc2c3c(c1)Oc1c(oc4ccccc14)P3c1cc(-c3cccc(-c4cccc5c4sc4ccccc45)c3)ccc1O2. The van der Waals surface area contributed by atoms with Gasteiger partial charge in [0, 0.05) is 33.4 Å². The first-order chi connectivity index (χ1) is 21.7. The van der Waals surface area contributed by atoms with Crippen LogP contribution in [-0.4, -0.2) is 0 Å². The van der Waals surface area contributed by atoms with Gasteiger partial charge in [0.25, 0.3) is 0 Å². The monoisotopic (exact) mass is 602 g/mol. The van der Waals surface area contributed by atoms with Crippen LogP contribution in [0.3, 0.4) is 0 Å². The summed E-state index contributed by atoms with van der Waals surface area (Å²) in [4.78, 5) is 0. The van der Waals surface area contributed by atoms with E-state index in [0.29, 0.717) is 0 Å². The molecule has 0 spiro atoms. The Kier molecular flexibility index (Phi) is 5.05. The van der Waals surface area contributed by atoms with Gasteiger partial charge in [-0.3, -0.25) is 0 Å². The van der Waals surface area contributed by atoms with Gasteiger partial charge >= 0.3 is 0 Å². The number of hydrogen-bond acceptors (Lipinski definition) is 4. The molecule has 10 rings (SSSR count). The van der Waals surface area contributed by atoms with E-state index in [4.69, 9.17) is 13.9 Å². The largest absolute Gasteiger partial charge is 0.456 e. The average Bonchev–Trinajstić information content (AvgIpc) is 3.63. The van der Waals surface area contributed by atoms with Crippen molar-refractivity contribution in [1.82, 2.24) is 0 Å². The van der Waals surface area contributed by atoms with Crippen LogP contribution in [0.1, 0.15) is 5.56 Å². The highest BCUT2D eigenvalue weighted by Crippen LogP contribution is 2.55. The summed E-state index contributed by atoms with van der Waals surface area (Å²) < 4.78 is 22.3. The molecular formula is C39H23O3PS. The minimum absolute atomic E-state index is 0.826. The number of furan rings is 1. The normalized spacial score (nSPS) is 14.6. The second kappa shape index (κ2) is 9.06. The maximum absolute atomic E-state index is 6.56. The molecule has 4 heterocycles. The van der Waals surface area contributed by atoms with Crippen molar-refractivity contribution in [1.29, 1.82) is 0 Å². The van der Waals surface area contributed by atoms with Gasteiger partial charge in [-0.05, 0) is 83.3 Å². The number of benzene rings is 6. The van der Waals surface area contributed by atoms with E-state index in [0.717, 1.165) is 61.2 Å². The predicted octanol–water partition coefficient (Wildman–Crippen LogP) is 10.4. The molecule has 8 aromatic rings. The van der Waals surface area contributed by atoms with Crippen LogP contribution in [-0.2, 0) is 0 Å². The van der Waals surface area contributed by atoms with Crippen LogP contribution in [0.2, 0.25) is 0 Å². The highest BCUT2D eigenvalue weighted by molar-refractivity contribution is 7.80. The summed E-state index contributed by atoms with van der Waals surface area (Å²) in [5, 5.41) is 5.88. The molecule has 0 amide bonds. The van der Waals surface area contributed by atoms with Gasteiger partial charge in [0.05, 0.1) is 10.7 Å². The van der Waals surface area contributed by atoms with E-state index >= 15 is 0 Å². The summed E-state index contributed by atoms with van der Waals surface area (Å²) in [6.07, 6.45) is 0. The van der Waals surface area contributed by atoms with Crippen LogP contribution in [0, 0.1) is 6.92 Å². The van der Waals surface area contributed by atoms with Gasteiger partial charge in [-0.1, -0.05) is 72.8 Å². The molecule has 0 radical (unpaired) electrons.